The minimum absolute atomic E-state index is 0.687. The monoisotopic (exact) mass is 297 g/mol. The first kappa shape index (κ1) is 13.5. The summed E-state index contributed by atoms with van der Waals surface area (Å²) in [6.45, 7) is 0. The van der Waals surface area contributed by atoms with E-state index in [2.05, 4.69) is 34.9 Å². The van der Waals surface area contributed by atoms with Gasteiger partial charge in [0.1, 0.15) is 6.29 Å². The number of aldehydes is 1. The highest BCUT2D eigenvalue weighted by Crippen LogP contribution is 2.37. The fourth-order valence-electron chi connectivity index (χ4n) is 3.00. The molecule has 0 atom stereocenters. The maximum atomic E-state index is 11.2. The van der Waals surface area contributed by atoms with Crippen molar-refractivity contribution in [2.24, 2.45) is 0 Å². The van der Waals surface area contributed by atoms with Crippen LogP contribution in [-0.2, 0) is 0 Å². The van der Waals surface area contributed by atoms with Gasteiger partial charge in [0.05, 0.1) is 5.52 Å². The number of carbonyl (C=O) groups is 1. The van der Waals surface area contributed by atoms with Gasteiger partial charge in [0.2, 0.25) is 0 Å². The molecule has 4 rings (SSSR count). The summed E-state index contributed by atoms with van der Waals surface area (Å²) in [5.74, 6) is 0. The molecule has 0 amide bonds. The minimum Gasteiger partial charge on any atom is -0.323 e. The molecule has 0 fully saturated rings. The zero-order chi connectivity index (χ0) is 15.6. The number of rotatable bonds is 3. The smallest absolute Gasteiger partial charge is 0.150 e. The van der Waals surface area contributed by atoms with E-state index in [0.717, 1.165) is 22.9 Å². The van der Waals surface area contributed by atoms with Crippen LogP contribution in [0.4, 0.5) is 0 Å². The Kier molecular flexibility index (Phi) is 3.28. The summed E-state index contributed by atoms with van der Waals surface area (Å²) < 4.78 is 2.08. The Balaban J connectivity index is 2.08. The topological polar surface area (TPSA) is 21.5 Å². The van der Waals surface area contributed by atoms with Gasteiger partial charge < -0.3 is 4.40 Å². The zero-order valence-corrected chi connectivity index (χ0v) is 12.5. The molecule has 0 saturated heterocycles. The Bertz CT molecular complexity index is 969. The van der Waals surface area contributed by atoms with Crippen molar-refractivity contribution >= 4 is 11.8 Å². The first-order chi connectivity index (χ1) is 11.4. The van der Waals surface area contributed by atoms with E-state index in [9.17, 15) is 4.79 Å². The molecule has 0 aliphatic carbocycles. The Labute approximate surface area is 134 Å². The zero-order valence-electron chi connectivity index (χ0n) is 12.5. The molecule has 0 spiro atoms. The lowest BCUT2D eigenvalue weighted by Gasteiger charge is -2.06. The molecule has 0 aliphatic rings. The first-order valence-corrected chi connectivity index (χ1v) is 7.57. The molecule has 0 bridgehead atoms. The van der Waals surface area contributed by atoms with E-state index in [-0.39, 0.29) is 0 Å². The number of benzene rings is 2. The first-order valence-electron chi connectivity index (χ1n) is 7.57. The molecule has 4 aromatic rings. The van der Waals surface area contributed by atoms with Crippen LogP contribution in [-0.4, -0.2) is 10.7 Å². The van der Waals surface area contributed by atoms with Gasteiger partial charge in [0, 0.05) is 29.1 Å². The number of carbonyl (C=O) groups excluding carboxylic acids is 1. The second-order valence-corrected chi connectivity index (χ2v) is 5.52. The molecule has 2 nitrogen and oxygen atoms in total. The van der Waals surface area contributed by atoms with Crippen LogP contribution in [0.5, 0.6) is 0 Å². The van der Waals surface area contributed by atoms with Crippen LogP contribution in [0, 0.1) is 0 Å². The summed E-state index contributed by atoms with van der Waals surface area (Å²) in [4.78, 5) is 11.2. The molecule has 0 unspecified atom stereocenters. The minimum atomic E-state index is 0.687. The van der Waals surface area contributed by atoms with Gasteiger partial charge in [-0.15, -0.1) is 0 Å². The summed E-state index contributed by atoms with van der Waals surface area (Å²) >= 11 is 0. The molecule has 2 heteroatoms. The third-order valence-corrected chi connectivity index (χ3v) is 4.09. The van der Waals surface area contributed by atoms with Crippen molar-refractivity contribution in [2.75, 3.05) is 0 Å². The second-order valence-electron chi connectivity index (χ2n) is 5.52. The largest absolute Gasteiger partial charge is 0.323 e. The van der Waals surface area contributed by atoms with Crippen molar-refractivity contribution in [1.82, 2.24) is 4.40 Å². The predicted molar refractivity (Wildman–Crippen MR) is 93.7 cm³/mol. The maximum Gasteiger partial charge on any atom is 0.150 e. The fourth-order valence-corrected chi connectivity index (χ4v) is 3.00. The normalized spacial score (nSPS) is 10.8. The number of nitrogens with zero attached hydrogens (tertiary/aromatic N) is 1. The van der Waals surface area contributed by atoms with Crippen LogP contribution in [0.25, 0.3) is 27.8 Å². The summed E-state index contributed by atoms with van der Waals surface area (Å²) in [6.07, 6.45) is 4.96. The second kappa shape index (κ2) is 5.58. The molecule has 110 valence electrons. The van der Waals surface area contributed by atoms with E-state index < -0.39 is 0 Å². The van der Waals surface area contributed by atoms with Gasteiger partial charge in [0.15, 0.2) is 0 Å². The number of hydrogen-bond donors (Lipinski definition) is 0. The summed E-state index contributed by atoms with van der Waals surface area (Å²) in [6, 6.07) is 24.4. The predicted octanol–water partition coefficient (Wildman–Crippen LogP) is 5.09. The van der Waals surface area contributed by atoms with Gasteiger partial charge in [-0.25, -0.2) is 0 Å². The van der Waals surface area contributed by atoms with Crippen molar-refractivity contribution in [3.63, 3.8) is 0 Å². The molecular formula is C21H15NO. The van der Waals surface area contributed by atoms with E-state index in [0.29, 0.717) is 5.56 Å². The Morgan fingerprint density at radius 3 is 2.09 bits per heavy atom. The molecule has 2 heterocycles. The van der Waals surface area contributed by atoms with E-state index in [4.69, 9.17) is 0 Å². The molecule has 2 aromatic heterocycles. The average Bonchev–Trinajstić information content (AvgIpc) is 3.01. The number of hydrogen-bond acceptors (Lipinski definition) is 1. The van der Waals surface area contributed by atoms with E-state index in [1.54, 1.807) is 0 Å². The molecule has 0 radical (unpaired) electrons. The molecule has 23 heavy (non-hydrogen) atoms. The van der Waals surface area contributed by atoms with Crippen molar-refractivity contribution in [1.29, 1.82) is 0 Å². The van der Waals surface area contributed by atoms with Crippen molar-refractivity contribution in [3.05, 3.63) is 90.8 Å². The summed E-state index contributed by atoms with van der Waals surface area (Å²) in [7, 11) is 0. The van der Waals surface area contributed by atoms with Gasteiger partial charge in [-0.05, 0) is 23.3 Å². The van der Waals surface area contributed by atoms with E-state index in [1.165, 1.54) is 11.1 Å². The Morgan fingerprint density at radius 1 is 0.783 bits per heavy atom. The van der Waals surface area contributed by atoms with E-state index in [1.807, 2.05) is 54.7 Å². The van der Waals surface area contributed by atoms with Crippen LogP contribution in [0.1, 0.15) is 10.4 Å². The molecule has 2 aromatic carbocycles. The lowest BCUT2D eigenvalue weighted by atomic mass is 9.97. The van der Waals surface area contributed by atoms with Gasteiger partial charge in [-0.1, -0.05) is 60.7 Å². The van der Waals surface area contributed by atoms with Crippen LogP contribution in [0.3, 0.4) is 0 Å². The van der Waals surface area contributed by atoms with Gasteiger partial charge in [0.25, 0.3) is 0 Å². The van der Waals surface area contributed by atoms with Crippen LogP contribution < -0.4 is 0 Å². The van der Waals surface area contributed by atoms with Crippen LogP contribution in [0.2, 0.25) is 0 Å². The summed E-state index contributed by atoms with van der Waals surface area (Å²) in [5, 5.41) is 0. The Morgan fingerprint density at radius 2 is 1.43 bits per heavy atom. The highest BCUT2D eigenvalue weighted by Gasteiger charge is 2.14. The number of aromatic nitrogens is 1. The standard InChI is InChI=1S/C21H15NO/c23-15-16-11-12-22-14-19(17-7-3-1-4-8-17)21(20(22)13-16)18-9-5-2-6-10-18/h1-15H. The number of pyridine rings is 1. The van der Waals surface area contributed by atoms with Crippen molar-refractivity contribution in [3.8, 4) is 22.3 Å². The SMILES string of the molecule is O=Cc1ccn2cc(-c3ccccc3)c(-c3ccccc3)c2c1. The van der Waals surface area contributed by atoms with Gasteiger partial charge >= 0.3 is 0 Å². The van der Waals surface area contributed by atoms with Gasteiger partial charge in [-0.3, -0.25) is 4.79 Å². The highest BCUT2D eigenvalue weighted by molar-refractivity contribution is 5.96. The lowest BCUT2D eigenvalue weighted by Crippen LogP contribution is -1.86. The summed E-state index contributed by atoms with van der Waals surface area (Å²) in [5.41, 5.74) is 6.37. The van der Waals surface area contributed by atoms with Crippen LogP contribution >= 0.6 is 0 Å². The van der Waals surface area contributed by atoms with Crippen LogP contribution in [0.15, 0.2) is 85.2 Å². The third kappa shape index (κ3) is 2.34. The molecular weight excluding hydrogens is 282 g/mol. The lowest BCUT2D eigenvalue weighted by molar-refractivity contribution is 0.112. The molecule has 0 saturated carbocycles. The highest BCUT2D eigenvalue weighted by atomic mass is 16.1. The molecule has 0 N–H and O–H groups in total. The number of fused-ring (bicyclic) bond motifs is 1. The van der Waals surface area contributed by atoms with E-state index >= 15 is 0 Å². The fraction of sp³-hybridized carbons (Fsp3) is 0. The van der Waals surface area contributed by atoms with Crippen molar-refractivity contribution in [2.45, 2.75) is 0 Å². The third-order valence-electron chi connectivity index (χ3n) is 4.09. The van der Waals surface area contributed by atoms with Gasteiger partial charge in [-0.2, -0.15) is 0 Å². The maximum absolute atomic E-state index is 11.2. The van der Waals surface area contributed by atoms with Crippen molar-refractivity contribution < 1.29 is 4.79 Å². The quantitative estimate of drug-likeness (QED) is 0.483. The molecule has 0 aliphatic heterocycles. The average molecular weight is 297 g/mol. The Hall–Kier alpha value is -3.13.